The summed E-state index contributed by atoms with van der Waals surface area (Å²) in [5, 5.41) is 10.3. The normalized spacial score (nSPS) is 14.6. The van der Waals surface area contributed by atoms with Crippen molar-refractivity contribution in [3.05, 3.63) is 29.0 Å². The van der Waals surface area contributed by atoms with Gasteiger partial charge in [-0.15, -0.1) is 0 Å². The quantitative estimate of drug-likeness (QED) is 0.686. The number of carboxylic acid groups (broad SMARTS) is 1. The molecule has 0 radical (unpaired) electrons. The summed E-state index contributed by atoms with van der Waals surface area (Å²) in [4.78, 5) is 15.2. The minimum atomic E-state index is -1.09. The highest BCUT2D eigenvalue weighted by molar-refractivity contribution is 6.29. The number of aromatic nitrogens is 2. The van der Waals surface area contributed by atoms with Crippen LogP contribution in [0.3, 0.4) is 0 Å². The molecule has 1 aliphatic carbocycles. The van der Waals surface area contributed by atoms with Gasteiger partial charge < -0.3 is 9.67 Å². The van der Waals surface area contributed by atoms with E-state index in [0.29, 0.717) is 17.5 Å². The van der Waals surface area contributed by atoms with Gasteiger partial charge in [-0.05, 0) is 50.8 Å². The van der Waals surface area contributed by atoms with E-state index in [-0.39, 0.29) is 0 Å². The molecule has 0 atom stereocenters. The Morgan fingerprint density at radius 3 is 2.87 bits per heavy atom. The number of carbonyl (C=O) groups is 1. The van der Waals surface area contributed by atoms with Crippen LogP contribution in [-0.4, -0.2) is 20.6 Å². The van der Waals surface area contributed by atoms with Crippen molar-refractivity contribution in [2.75, 3.05) is 0 Å². The highest BCUT2D eigenvalue weighted by Gasteiger charge is 2.26. The van der Waals surface area contributed by atoms with E-state index in [1.54, 1.807) is 6.07 Å². The highest BCUT2D eigenvalue weighted by Crippen LogP contribution is 2.34. The molecule has 0 saturated heterocycles. The molecular formula is C18H19ClN2O2. The summed E-state index contributed by atoms with van der Waals surface area (Å²) in [6.45, 7) is 4.86. The predicted molar refractivity (Wildman–Crippen MR) is 90.4 cm³/mol. The van der Waals surface area contributed by atoms with Crippen molar-refractivity contribution in [1.82, 2.24) is 9.55 Å². The van der Waals surface area contributed by atoms with E-state index in [4.69, 9.17) is 16.7 Å². The maximum atomic E-state index is 10.7. The summed E-state index contributed by atoms with van der Waals surface area (Å²) in [7, 11) is 0. The molecule has 2 aromatic rings. The molecule has 2 heterocycles. The molecule has 1 aliphatic rings. The van der Waals surface area contributed by atoms with Gasteiger partial charge in [0.05, 0.1) is 0 Å². The lowest BCUT2D eigenvalue weighted by Gasteiger charge is -2.19. The van der Waals surface area contributed by atoms with Crippen LogP contribution in [0.4, 0.5) is 0 Å². The van der Waals surface area contributed by atoms with Gasteiger partial charge in [0.25, 0.3) is 0 Å². The average Bonchev–Trinajstić information content (AvgIpc) is 3.22. The maximum absolute atomic E-state index is 10.7. The molecule has 120 valence electrons. The van der Waals surface area contributed by atoms with Gasteiger partial charge in [-0.2, -0.15) is 0 Å². The lowest BCUT2D eigenvalue weighted by atomic mass is 9.88. The number of halogens is 1. The first kappa shape index (κ1) is 15.9. The highest BCUT2D eigenvalue weighted by atomic mass is 35.5. The van der Waals surface area contributed by atoms with Gasteiger partial charge in [0.15, 0.2) is 0 Å². The van der Waals surface area contributed by atoms with E-state index in [0.717, 1.165) is 23.3 Å². The zero-order valence-electron chi connectivity index (χ0n) is 13.3. The van der Waals surface area contributed by atoms with Crippen LogP contribution in [0.2, 0.25) is 5.15 Å². The van der Waals surface area contributed by atoms with E-state index in [9.17, 15) is 4.79 Å². The van der Waals surface area contributed by atoms with Crippen molar-refractivity contribution in [2.45, 2.75) is 39.7 Å². The fourth-order valence-electron chi connectivity index (χ4n) is 2.79. The number of nitrogens with zero attached hydrogens (tertiary/aromatic N) is 2. The zero-order valence-corrected chi connectivity index (χ0v) is 14.0. The molecule has 1 N–H and O–H groups in total. The van der Waals surface area contributed by atoms with Gasteiger partial charge in [0.2, 0.25) is 0 Å². The number of rotatable bonds is 4. The first-order valence-corrected chi connectivity index (χ1v) is 8.13. The van der Waals surface area contributed by atoms with Crippen LogP contribution in [-0.2, 0) is 17.8 Å². The summed E-state index contributed by atoms with van der Waals surface area (Å²) in [5.41, 5.74) is 1.62. The maximum Gasteiger partial charge on any atom is 0.381 e. The Morgan fingerprint density at radius 1 is 1.48 bits per heavy atom. The number of aliphatic carboxylic acids is 1. The molecule has 0 aromatic carbocycles. The third-order valence-corrected chi connectivity index (χ3v) is 4.27. The molecule has 1 saturated carbocycles. The molecule has 3 rings (SSSR count). The van der Waals surface area contributed by atoms with Crippen LogP contribution >= 0.6 is 11.6 Å². The average molecular weight is 331 g/mol. The number of hydrogen-bond acceptors (Lipinski definition) is 2. The third-order valence-electron chi connectivity index (χ3n) is 4.06. The third kappa shape index (κ3) is 3.86. The Kier molecular flexibility index (Phi) is 4.08. The summed E-state index contributed by atoms with van der Waals surface area (Å²) < 4.78 is 2.23. The van der Waals surface area contributed by atoms with E-state index in [1.165, 1.54) is 12.8 Å². The lowest BCUT2D eigenvalue weighted by Crippen LogP contribution is -2.16. The largest absolute Gasteiger partial charge is 0.472 e. The van der Waals surface area contributed by atoms with Crippen molar-refractivity contribution >= 4 is 28.6 Å². The van der Waals surface area contributed by atoms with Gasteiger partial charge in [0, 0.05) is 35.4 Å². The summed E-state index contributed by atoms with van der Waals surface area (Å²) >= 11 is 6.06. The molecule has 0 bridgehead atoms. The van der Waals surface area contributed by atoms with Gasteiger partial charge in [-0.3, -0.25) is 0 Å². The molecule has 2 aromatic heterocycles. The van der Waals surface area contributed by atoms with Gasteiger partial charge >= 0.3 is 5.97 Å². The van der Waals surface area contributed by atoms with Crippen molar-refractivity contribution < 1.29 is 9.90 Å². The van der Waals surface area contributed by atoms with E-state index < -0.39 is 11.4 Å². The summed E-state index contributed by atoms with van der Waals surface area (Å²) in [6.07, 6.45) is 3.18. The van der Waals surface area contributed by atoms with Crippen LogP contribution < -0.4 is 0 Å². The fraction of sp³-hybridized carbons (Fsp3) is 0.444. The van der Waals surface area contributed by atoms with Crippen LogP contribution in [0.25, 0.3) is 11.0 Å². The molecule has 0 spiro atoms. The van der Waals surface area contributed by atoms with Gasteiger partial charge in [-0.25, -0.2) is 9.78 Å². The van der Waals surface area contributed by atoms with Crippen molar-refractivity contribution in [3.63, 3.8) is 0 Å². The van der Waals surface area contributed by atoms with E-state index >= 15 is 0 Å². The van der Waals surface area contributed by atoms with Crippen molar-refractivity contribution in [2.24, 2.45) is 11.3 Å². The fourth-order valence-corrected chi connectivity index (χ4v) is 2.93. The zero-order chi connectivity index (χ0) is 16.6. The standard InChI is InChI=1S/C18H19ClN2O2/c1-18(2,8-7-16(22)23)10-14-9-13-5-6-15(19)20-17(13)21(14)11-12-3-4-12/h5-6,9,12H,3-4,10-11H2,1-2H3,(H,22,23). The van der Waals surface area contributed by atoms with Gasteiger partial charge in [0.1, 0.15) is 10.8 Å². The van der Waals surface area contributed by atoms with Crippen LogP contribution in [0.1, 0.15) is 32.4 Å². The summed E-state index contributed by atoms with van der Waals surface area (Å²) in [6, 6.07) is 5.89. The van der Waals surface area contributed by atoms with E-state index in [1.807, 2.05) is 19.9 Å². The van der Waals surface area contributed by atoms with Crippen LogP contribution in [0, 0.1) is 23.2 Å². The second-order valence-electron chi connectivity index (χ2n) is 6.85. The monoisotopic (exact) mass is 330 g/mol. The lowest BCUT2D eigenvalue weighted by molar-refractivity contribution is -0.130. The Balaban J connectivity index is 1.99. The van der Waals surface area contributed by atoms with Gasteiger partial charge in [-0.1, -0.05) is 17.5 Å². The number of fused-ring (bicyclic) bond motifs is 1. The Morgan fingerprint density at radius 2 is 2.22 bits per heavy atom. The smallest absolute Gasteiger partial charge is 0.381 e. The molecule has 0 amide bonds. The molecule has 1 fully saturated rings. The van der Waals surface area contributed by atoms with Crippen LogP contribution in [0.15, 0.2) is 18.2 Å². The van der Waals surface area contributed by atoms with Crippen molar-refractivity contribution in [1.29, 1.82) is 0 Å². The molecular weight excluding hydrogens is 312 g/mol. The number of hydrogen-bond donors (Lipinski definition) is 1. The Bertz CT molecular complexity index is 823. The molecule has 0 unspecified atom stereocenters. The van der Waals surface area contributed by atoms with Crippen molar-refractivity contribution in [3.8, 4) is 11.8 Å². The van der Waals surface area contributed by atoms with Crippen LogP contribution in [0.5, 0.6) is 0 Å². The second-order valence-corrected chi connectivity index (χ2v) is 7.24. The predicted octanol–water partition coefficient (Wildman–Crippen LogP) is 3.76. The molecule has 4 nitrogen and oxygen atoms in total. The first-order valence-electron chi connectivity index (χ1n) is 7.75. The minimum absolute atomic E-state index is 0.419. The number of pyridine rings is 1. The molecule has 23 heavy (non-hydrogen) atoms. The summed E-state index contributed by atoms with van der Waals surface area (Å²) in [5.74, 6) is 4.71. The molecule has 0 aliphatic heterocycles. The second kappa shape index (κ2) is 5.90. The minimum Gasteiger partial charge on any atom is -0.472 e. The SMILES string of the molecule is CC(C)(C#CC(=O)O)Cc1cc2ccc(Cl)nc2n1CC1CC1. The Labute approximate surface area is 140 Å². The Hall–Kier alpha value is -1.99. The topological polar surface area (TPSA) is 55.1 Å². The first-order chi connectivity index (χ1) is 10.8. The van der Waals surface area contributed by atoms with E-state index in [2.05, 4.69) is 27.5 Å². The molecule has 5 heteroatoms. The number of carboxylic acids is 1.